The van der Waals surface area contributed by atoms with E-state index >= 15 is 0 Å². The van der Waals surface area contributed by atoms with E-state index in [9.17, 15) is 0 Å². The van der Waals surface area contributed by atoms with Crippen molar-refractivity contribution in [2.75, 3.05) is 43.6 Å². The summed E-state index contributed by atoms with van der Waals surface area (Å²) in [7, 11) is 1.64. The molecule has 0 radical (unpaired) electrons. The van der Waals surface area contributed by atoms with Crippen molar-refractivity contribution in [1.29, 1.82) is 0 Å². The van der Waals surface area contributed by atoms with Gasteiger partial charge < -0.3 is 25.4 Å². The zero-order chi connectivity index (χ0) is 17.5. The quantitative estimate of drug-likeness (QED) is 0.401. The lowest BCUT2D eigenvalue weighted by molar-refractivity contribution is 0.122. The highest BCUT2D eigenvalue weighted by atomic mass is 127. The highest BCUT2D eigenvalue weighted by Crippen LogP contribution is 2.22. The van der Waals surface area contributed by atoms with E-state index in [1.54, 1.807) is 7.11 Å². The molecule has 0 unspecified atom stereocenters. The standard InChI is InChI=1S/C19H24N4O2.HI/c1-24-17-8-6-16(7-9-17)22-19(20)21-14-15-4-2-3-5-18(15)23-10-12-25-13-11-23;/h2-9H,10-14H2,1H3,(H3,20,21,22);1H. The predicted molar refractivity (Wildman–Crippen MR) is 117 cm³/mol. The second kappa shape index (κ2) is 10.2. The predicted octanol–water partition coefficient (Wildman–Crippen LogP) is 3.08. The summed E-state index contributed by atoms with van der Waals surface area (Å²) in [5.41, 5.74) is 9.26. The molecular formula is C19H25IN4O2. The Bertz CT molecular complexity index is 716. The average Bonchev–Trinajstić information content (AvgIpc) is 2.68. The molecule has 0 aromatic heterocycles. The fraction of sp³-hybridized carbons (Fsp3) is 0.316. The monoisotopic (exact) mass is 468 g/mol. The Kier molecular flexibility index (Phi) is 7.99. The SMILES string of the molecule is COc1ccc(NC(N)=NCc2ccccc2N2CCOCC2)cc1.I. The molecule has 0 saturated carbocycles. The van der Waals surface area contributed by atoms with Crippen molar-refractivity contribution in [3.05, 3.63) is 54.1 Å². The molecule has 1 aliphatic heterocycles. The molecule has 140 valence electrons. The van der Waals surface area contributed by atoms with Crippen LogP contribution in [0.2, 0.25) is 0 Å². The van der Waals surface area contributed by atoms with E-state index in [-0.39, 0.29) is 24.0 Å². The van der Waals surface area contributed by atoms with Crippen LogP contribution < -0.4 is 20.7 Å². The summed E-state index contributed by atoms with van der Waals surface area (Å²) in [6.07, 6.45) is 0. The average molecular weight is 468 g/mol. The van der Waals surface area contributed by atoms with Crippen molar-refractivity contribution >= 4 is 41.3 Å². The number of nitrogens with two attached hydrogens (primary N) is 1. The zero-order valence-corrected chi connectivity index (χ0v) is 17.2. The summed E-state index contributed by atoms with van der Waals surface area (Å²) in [6.45, 7) is 3.86. The first-order valence-corrected chi connectivity index (χ1v) is 8.38. The highest BCUT2D eigenvalue weighted by molar-refractivity contribution is 14.0. The Morgan fingerprint density at radius 3 is 2.54 bits per heavy atom. The topological polar surface area (TPSA) is 72.1 Å². The largest absolute Gasteiger partial charge is 0.497 e. The van der Waals surface area contributed by atoms with Crippen molar-refractivity contribution in [2.45, 2.75) is 6.54 Å². The minimum absolute atomic E-state index is 0. The molecule has 0 atom stereocenters. The summed E-state index contributed by atoms with van der Waals surface area (Å²) >= 11 is 0. The van der Waals surface area contributed by atoms with E-state index in [0.29, 0.717) is 12.5 Å². The van der Waals surface area contributed by atoms with Gasteiger partial charge in [-0.05, 0) is 35.9 Å². The number of anilines is 2. The number of halogens is 1. The molecule has 1 aliphatic rings. The first-order chi connectivity index (χ1) is 12.3. The number of benzene rings is 2. The van der Waals surface area contributed by atoms with Crippen LogP contribution >= 0.6 is 24.0 Å². The number of methoxy groups -OCH3 is 1. The van der Waals surface area contributed by atoms with E-state index in [1.165, 1.54) is 5.69 Å². The summed E-state index contributed by atoms with van der Waals surface area (Å²) in [6, 6.07) is 15.9. The number of guanidine groups is 1. The van der Waals surface area contributed by atoms with Gasteiger partial charge in [0.1, 0.15) is 5.75 Å². The Hall–Kier alpha value is -2.00. The summed E-state index contributed by atoms with van der Waals surface area (Å²) in [5, 5.41) is 3.10. The lowest BCUT2D eigenvalue weighted by Crippen LogP contribution is -2.36. The third-order valence-corrected chi connectivity index (χ3v) is 4.13. The highest BCUT2D eigenvalue weighted by Gasteiger charge is 2.14. The normalized spacial score (nSPS) is 14.5. The lowest BCUT2D eigenvalue weighted by atomic mass is 10.1. The number of morpholine rings is 1. The number of ether oxygens (including phenoxy) is 2. The molecule has 1 saturated heterocycles. The Balaban J connectivity index is 0.00000243. The Morgan fingerprint density at radius 2 is 1.85 bits per heavy atom. The van der Waals surface area contributed by atoms with Gasteiger partial charge in [-0.25, -0.2) is 4.99 Å². The minimum Gasteiger partial charge on any atom is -0.497 e. The molecule has 3 rings (SSSR count). The second-order valence-corrected chi connectivity index (χ2v) is 5.78. The molecule has 2 aromatic carbocycles. The van der Waals surface area contributed by atoms with Gasteiger partial charge in [0, 0.05) is 24.5 Å². The molecule has 0 spiro atoms. The fourth-order valence-corrected chi connectivity index (χ4v) is 2.79. The van der Waals surface area contributed by atoms with Crippen LogP contribution in [0.1, 0.15) is 5.56 Å². The lowest BCUT2D eigenvalue weighted by Gasteiger charge is -2.30. The van der Waals surface area contributed by atoms with E-state index in [2.05, 4.69) is 33.4 Å². The molecule has 0 amide bonds. The van der Waals surface area contributed by atoms with Gasteiger partial charge in [-0.1, -0.05) is 18.2 Å². The van der Waals surface area contributed by atoms with Crippen molar-refractivity contribution < 1.29 is 9.47 Å². The maximum Gasteiger partial charge on any atom is 0.193 e. The summed E-state index contributed by atoms with van der Waals surface area (Å²) in [4.78, 5) is 6.82. The Morgan fingerprint density at radius 1 is 1.15 bits per heavy atom. The first kappa shape index (κ1) is 20.3. The number of nitrogens with zero attached hydrogens (tertiary/aromatic N) is 2. The van der Waals surface area contributed by atoms with Gasteiger partial charge >= 0.3 is 0 Å². The van der Waals surface area contributed by atoms with E-state index < -0.39 is 0 Å². The van der Waals surface area contributed by atoms with Crippen LogP contribution in [0.25, 0.3) is 0 Å². The molecule has 0 aliphatic carbocycles. The van der Waals surface area contributed by atoms with Crippen LogP contribution in [-0.4, -0.2) is 39.4 Å². The van der Waals surface area contributed by atoms with Gasteiger partial charge in [0.2, 0.25) is 0 Å². The summed E-state index contributed by atoms with van der Waals surface area (Å²) < 4.78 is 10.6. The first-order valence-electron chi connectivity index (χ1n) is 8.38. The van der Waals surface area contributed by atoms with Crippen LogP contribution in [0, 0.1) is 0 Å². The Labute approximate surface area is 171 Å². The molecule has 0 bridgehead atoms. The molecule has 7 heteroatoms. The van der Waals surface area contributed by atoms with Gasteiger partial charge in [0.05, 0.1) is 26.9 Å². The fourth-order valence-electron chi connectivity index (χ4n) is 2.79. The van der Waals surface area contributed by atoms with Crippen LogP contribution in [0.15, 0.2) is 53.5 Å². The molecule has 2 aromatic rings. The number of nitrogens with one attached hydrogen (secondary N) is 1. The number of para-hydroxylation sites is 1. The van der Waals surface area contributed by atoms with Crippen molar-refractivity contribution in [1.82, 2.24) is 0 Å². The van der Waals surface area contributed by atoms with Gasteiger partial charge in [-0.15, -0.1) is 24.0 Å². The molecule has 1 heterocycles. The molecule has 3 N–H and O–H groups in total. The van der Waals surface area contributed by atoms with Crippen LogP contribution in [-0.2, 0) is 11.3 Å². The van der Waals surface area contributed by atoms with Gasteiger partial charge in [-0.2, -0.15) is 0 Å². The van der Waals surface area contributed by atoms with Crippen LogP contribution in [0.5, 0.6) is 5.75 Å². The third kappa shape index (κ3) is 5.50. The molecule has 1 fully saturated rings. The van der Waals surface area contributed by atoms with Gasteiger partial charge in [0.15, 0.2) is 5.96 Å². The minimum atomic E-state index is 0. The smallest absolute Gasteiger partial charge is 0.193 e. The van der Waals surface area contributed by atoms with Crippen LogP contribution in [0.4, 0.5) is 11.4 Å². The van der Waals surface area contributed by atoms with Crippen LogP contribution in [0.3, 0.4) is 0 Å². The number of hydrogen-bond donors (Lipinski definition) is 2. The maximum absolute atomic E-state index is 6.03. The van der Waals surface area contributed by atoms with Gasteiger partial charge in [0.25, 0.3) is 0 Å². The van der Waals surface area contributed by atoms with E-state index in [4.69, 9.17) is 15.2 Å². The number of rotatable bonds is 5. The number of hydrogen-bond acceptors (Lipinski definition) is 4. The van der Waals surface area contributed by atoms with E-state index in [0.717, 1.165) is 43.3 Å². The maximum atomic E-state index is 6.03. The van der Waals surface area contributed by atoms with Gasteiger partial charge in [-0.3, -0.25) is 0 Å². The molecule has 6 nitrogen and oxygen atoms in total. The van der Waals surface area contributed by atoms with Crippen molar-refractivity contribution in [3.8, 4) is 5.75 Å². The van der Waals surface area contributed by atoms with Crippen molar-refractivity contribution in [2.24, 2.45) is 10.7 Å². The third-order valence-electron chi connectivity index (χ3n) is 4.13. The number of aliphatic imine (C=N–C) groups is 1. The second-order valence-electron chi connectivity index (χ2n) is 5.78. The van der Waals surface area contributed by atoms with E-state index in [1.807, 2.05) is 30.3 Å². The zero-order valence-electron chi connectivity index (χ0n) is 14.9. The van der Waals surface area contributed by atoms with Crippen molar-refractivity contribution in [3.63, 3.8) is 0 Å². The molecular weight excluding hydrogens is 443 g/mol. The molecule has 26 heavy (non-hydrogen) atoms. The summed E-state index contributed by atoms with van der Waals surface area (Å²) in [5.74, 6) is 1.20.